The molecule has 0 radical (unpaired) electrons. The fraction of sp³-hybridized carbons (Fsp3) is 0.583. The van der Waals surface area contributed by atoms with Gasteiger partial charge < -0.3 is 9.73 Å². The maximum absolute atomic E-state index is 11.9. The van der Waals surface area contributed by atoms with E-state index >= 15 is 0 Å². The van der Waals surface area contributed by atoms with Crippen LogP contribution in [-0.2, 0) is 0 Å². The molecule has 6 nitrogen and oxygen atoms in total. The lowest BCUT2D eigenvalue weighted by Gasteiger charge is -2.29. The van der Waals surface area contributed by atoms with Gasteiger partial charge in [0, 0.05) is 6.04 Å². The third-order valence-corrected chi connectivity index (χ3v) is 3.42. The normalized spacial score (nSPS) is 23.6. The van der Waals surface area contributed by atoms with Crippen molar-refractivity contribution in [1.29, 1.82) is 0 Å². The molecular weight excluding hydrogens is 236 g/mol. The van der Waals surface area contributed by atoms with Crippen LogP contribution < -0.4 is 5.32 Å². The summed E-state index contributed by atoms with van der Waals surface area (Å²) in [5.74, 6) is -0.342. The third kappa shape index (κ3) is 2.69. The lowest BCUT2D eigenvalue weighted by molar-refractivity contribution is -0.402. The number of carbonyl (C=O) groups is 1. The molecular formula is C12H16N2O4. The molecule has 1 saturated carbocycles. The van der Waals surface area contributed by atoms with Gasteiger partial charge in [-0.3, -0.25) is 14.9 Å². The number of nitrogens with zero attached hydrogens (tertiary/aromatic N) is 1. The van der Waals surface area contributed by atoms with Crippen molar-refractivity contribution < 1.29 is 14.1 Å². The Morgan fingerprint density at radius 1 is 1.44 bits per heavy atom. The molecule has 1 aromatic heterocycles. The number of amides is 1. The summed E-state index contributed by atoms with van der Waals surface area (Å²) < 4.78 is 4.87. The summed E-state index contributed by atoms with van der Waals surface area (Å²) in [6.45, 7) is 2.11. The molecule has 6 heteroatoms. The van der Waals surface area contributed by atoms with Crippen LogP contribution in [0, 0.1) is 16.0 Å². The Morgan fingerprint density at radius 3 is 2.78 bits per heavy atom. The summed E-state index contributed by atoms with van der Waals surface area (Å²) in [7, 11) is 0. The number of hydrogen-bond donors (Lipinski definition) is 1. The van der Waals surface area contributed by atoms with Crippen LogP contribution in [0.1, 0.15) is 43.2 Å². The third-order valence-electron chi connectivity index (χ3n) is 3.42. The van der Waals surface area contributed by atoms with Crippen molar-refractivity contribution in [3.63, 3.8) is 0 Å². The molecule has 0 aliphatic heterocycles. The van der Waals surface area contributed by atoms with Crippen molar-refractivity contribution >= 4 is 11.8 Å². The number of nitrogens with one attached hydrogen (secondary N) is 1. The number of hydrogen-bond acceptors (Lipinski definition) is 4. The Hall–Kier alpha value is -1.85. The van der Waals surface area contributed by atoms with E-state index < -0.39 is 10.8 Å². The predicted octanol–water partition coefficient (Wildman–Crippen LogP) is 2.50. The van der Waals surface area contributed by atoms with E-state index in [4.69, 9.17) is 4.42 Å². The number of rotatable bonds is 3. The minimum atomic E-state index is -0.653. The van der Waals surface area contributed by atoms with Crippen molar-refractivity contribution in [2.45, 2.75) is 38.6 Å². The van der Waals surface area contributed by atoms with Gasteiger partial charge in [0.1, 0.15) is 4.92 Å². The SMILES string of the molecule is CC1CCCCC1NC(=O)c1ccc([N+](=O)[O-])o1. The van der Waals surface area contributed by atoms with E-state index in [2.05, 4.69) is 12.2 Å². The molecule has 2 unspecified atom stereocenters. The zero-order valence-corrected chi connectivity index (χ0v) is 10.2. The molecule has 0 bridgehead atoms. The predicted molar refractivity (Wildman–Crippen MR) is 64.2 cm³/mol. The molecule has 0 aromatic carbocycles. The van der Waals surface area contributed by atoms with Crippen molar-refractivity contribution in [3.8, 4) is 0 Å². The highest BCUT2D eigenvalue weighted by Crippen LogP contribution is 2.24. The molecule has 2 rings (SSSR count). The van der Waals surface area contributed by atoms with Gasteiger partial charge in [-0.1, -0.05) is 19.8 Å². The van der Waals surface area contributed by atoms with Crippen LogP contribution in [0.25, 0.3) is 0 Å². The van der Waals surface area contributed by atoms with E-state index in [1.54, 1.807) is 0 Å². The minimum Gasteiger partial charge on any atom is -0.395 e. The standard InChI is InChI=1S/C12H16N2O4/c1-8-4-2-3-5-9(8)13-12(15)10-6-7-11(18-10)14(16)17/h6-9H,2-5H2,1H3,(H,13,15). The van der Waals surface area contributed by atoms with Crippen molar-refractivity contribution in [2.75, 3.05) is 0 Å². The molecule has 18 heavy (non-hydrogen) atoms. The highest BCUT2D eigenvalue weighted by molar-refractivity contribution is 5.91. The summed E-state index contributed by atoms with van der Waals surface area (Å²) >= 11 is 0. The number of furan rings is 1. The van der Waals surface area contributed by atoms with Crippen LogP contribution in [0.4, 0.5) is 5.88 Å². The summed E-state index contributed by atoms with van der Waals surface area (Å²) in [4.78, 5) is 21.7. The van der Waals surface area contributed by atoms with Gasteiger partial charge in [-0.05, 0) is 24.8 Å². The Kier molecular flexibility index (Phi) is 3.64. The molecule has 1 amide bonds. The molecule has 1 aliphatic rings. The summed E-state index contributed by atoms with van der Waals surface area (Å²) in [5.41, 5.74) is 0. The first-order valence-corrected chi connectivity index (χ1v) is 6.13. The van der Waals surface area contributed by atoms with Gasteiger partial charge in [0.25, 0.3) is 5.91 Å². The average molecular weight is 252 g/mol. The van der Waals surface area contributed by atoms with Crippen LogP contribution in [0.15, 0.2) is 16.5 Å². The van der Waals surface area contributed by atoms with Crippen LogP contribution >= 0.6 is 0 Å². The van der Waals surface area contributed by atoms with Gasteiger partial charge in [0.2, 0.25) is 0 Å². The molecule has 1 aliphatic carbocycles. The first-order chi connectivity index (χ1) is 8.58. The van der Waals surface area contributed by atoms with Crippen molar-refractivity contribution in [2.24, 2.45) is 5.92 Å². The smallest absolute Gasteiger partial charge is 0.395 e. The highest BCUT2D eigenvalue weighted by Gasteiger charge is 2.25. The molecule has 0 saturated heterocycles. The van der Waals surface area contributed by atoms with Crippen LogP contribution in [0.3, 0.4) is 0 Å². The van der Waals surface area contributed by atoms with E-state index in [1.165, 1.54) is 18.6 Å². The fourth-order valence-corrected chi connectivity index (χ4v) is 2.32. The van der Waals surface area contributed by atoms with E-state index in [0.717, 1.165) is 19.3 Å². The monoisotopic (exact) mass is 252 g/mol. The quantitative estimate of drug-likeness (QED) is 0.661. The molecule has 1 fully saturated rings. The molecule has 1 aromatic rings. The Labute approximate surface area is 105 Å². The van der Waals surface area contributed by atoms with Crippen molar-refractivity contribution in [1.82, 2.24) is 5.32 Å². The van der Waals surface area contributed by atoms with Gasteiger partial charge >= 0.3 is 5.88 Å². The van der Waals surface area contributed by atoms with Gasteiger partial charge in [-0.25, -0.2) is 0 Å². The average Bonchev–Trinajstić information content (AvgIpc) is 2.81. The Bertz CT molecular complexity index is 455. The van der Waals surface area contributed by atoms with Crippen LogP contribution in [-0.4, -0.2) is 16.9 Å². The number of carbonyl (C=O) groups excluding carboxylic acids is 1. The molecule has 0 spiro atoms. The fourth-order valence-electron chi connectivity index (χ4n) is 2.32. The first-order valence-electron chi connectivity index (χ1n) is 6.13. The molecule has 2 atom stereocenters. The maximum atomic E-state index is 11.9. The van der Waals surface area contributed by atoms with Crippen molar-refractivity contribution in [3.05, 3.63) is 28.0 Å². The van der Waals surface area contributed by atoms with E-state index in [9.17, 15) is 14.9 Å². The van der Waals surface area contributed by atoms with E-state index in [1.807, 2.05) is 0 Å². The summed E-state index contributed by atoms with van der Waals surface area (Å²) in [5, 5.41) is 13.3. The van der Waals surface area contributed by atoms with Gasteiger partial charge in [-0.15, -0.1) is 0 Å². The largest absolute Gasteiger partial charge is 0.433 e. The highest BCUT2D eigenvalue weighted by atomic mass is 16.6. The van der Waals surface area contributed by atoms with Crippen LogP contribution in [0.5, 0.6) is 0 Å². The lowest BCUT2D eigenvalue weighted by atomic mass is 9.86. The summed E-state index contributed by atoms with van der Waals surface area (Å²) in [6, 6.07) is 2.66. The van der Waals surface area contributed by atoms with Gasteiger partial charge in [-0.2, -0.15) is 0 Å². The topological polar surface area (TPSA) is 85.4 Å². The molecule has 98 valence electrons. The van der Waals surface area contributed by atoms with E-state index in [0.29, 0.717) is 5.92 Å². The maximum Gasteiger partial charge on any atom is 0.433 e. The number of nitro groups is 1. The van der Waals surface area contributed by atoms with E-state index in [-0.39, 0.29) is 17.7 Å². The zero-order valence-electron chi connectivity index (χ0n) is 10.2. The van der Waals surface area contributed by atoms with Gasteiger partial charge in [0.05, 0.1) is 6.07 Å². The summed E-state index contributed by atoms with van der Waals surface area (Å²) in [6.07, 6.45) is 4.35. The second kappa shape index (κ2) is 5.20. The minimum absolute atomic E-state index is 0.000488. The Balaban J connectivity index is 2.00. The second-order valence-corrected chi connectivity index (χ2v) is 4.74. The first kappa shape index (κ1) is 12.6. The lowest BCUT2D eigenvalue weighted by Crippen LogP contribution is -2.40. The second-order valence-electron chi connectivity index (χ2n) is 4.74. The molecule has 1 heterocycles. The Morgan fingerprint density at radius 2 is 2.17 bits per heavy atom. The molecule has 1 N–H and O–H groups in total. The van der Waals surface area contributed by atoms with Crippen LogP contribution in [0.2, 0.25) is 0 Å². The zero-order chi connectivity index (χ0) is 13.1. The van der Waals surface area contributed by atoms with Gasteiger partial charge in [0.15, 0.2) is 5.76 Å².